The van der Waals surface area contributed by atoms with Crippen LogP contribution >= 0.6 is 0 Å². The molecule has 2 aromatic rings. The van der Waals surface area contributed by atoms with Crippen molar-refractivity contribution in [2.24, 2.45) is 0 Å². The standard InChI is InChI=1S/C18H22N2O6/c1-5-24-12-6-7-14-13(8-12)11(2)17(26-14)18(23)25-10-15(21)19-9-16(22)20(3)4/h6-8H,5,9-10H2,1-4H3,(H,19,21). The molecule has 0 fully saturated rings. The summed E-state index contributed by atoms with van der Waals surface area (Å²) < 4.78 is 15.9. The van der Waals surface area contributed by atoms with Crippen LogP contribution in [0.25, 0.3) is 11.0 Å². The molecule has 26 heavy (non-hydrogen) atoms. The summed E-state index contributed by atoms with van der Waals surface area (Å²) in [5.41, 5.74) is 1.13. The van der Waals surface area contributed by atoms with E-state index in [1.165, 1.54) is 4.90 Å². The molecule has 1 aromatic carbocycles. The number of amides is 2. The highest BCUT2D eigenvalue weighted by Gasteiger charge is 2.20. The largest absolute Gasteiger partial charge is 0.494 e. The third-order valence-electron chi connectivity index (χ3n) is 3.67. The first-order valence-corrected chi connectivity index (χ1v) is 8.13. The van der Waals surface area contributed by atoms with Crippen LogP contribution in [0.1, 0.15) is 23.0 Å². The first-order valence-electron chi connectivity index (χ1n) is 8.13. The molecule has 8 heteroatoms. The SMILES string of the molecule is CCOc1ccc2oc(C(=O)OCC(=O)NCC(=O)N(C)C)c(C)c2c1. The maximum Gasteiger partial charge on any atom is 0.375 e. The fourth-order valence-corrected chi connectivity index (χ4v) is 2.23. The monoisotopic (exact) mass is 362 g/mol. The van der Waals surface area contributed by atoms with Crippen LogP contribution < -0.4 is 10.1 Å². The molecule has 1 heterocycles. The van der Waals surface area contributed by atoms with Gasteiger partial charge in [-0.3, -0.25) is 9.59 Å². The number of likely N-dealkylation sites (N-methyl/N-ethyl adjacent to an activating group) is 1. The molecule has 0 saturated heterocycles. The van der Waals surface area contributed by atoms with Crippen LogP contribution in [0.2, 0.25) is 0 Å². The second kappa shape index (κ2) is 8.37. The second-order valence-electron chi connectivity index (χ2n) is 5.79. The molecule has 0 aliphatic carbocycles. The number of furan rings is 1. The number of aryl methyl sites for hydroxylation is 1. The predicted octanol–water partition coefficient (Wildman–Crippen LogP) is 1.50. The number of fused-ring (bicyclic) bond motifs is 1. The lowest BCUT2D eigenvalue weighted by atomic mass is 10.1. The van der Waals surface area contributed by atoms with Crippen LogP contribution in [-0.4, -0.2) is 56.5 Å². The number of hydrogen-bond acceptors (Lipinski definition) is 6. The zero-order valence-electron chi connectivity index (χ0n) is 15.3. The zero-order chi connectivity index (χ0) is 19.3. The van der Waals surface area contributed by atoms with E-state index in [1.54, 1.807) is 39.2 Å². The van der Waals surface area contributed by atoms with Crippen LogP contribution in [-0.2, 0) is 14.3 Å². The molecule has 1 N–H and O–H groups in total. The van der Waals surface area contributed by atoms with Gasteiger partial charge in [-0.25, -0.2) is 4.79 Å². The molecule has 0 bridgehead atoms. The van der Waals surface area contributed by atoms with E-state index < -0.39 is 18.5 Å². The number of hydrogen-bond donors (Lipinski definition) is 1. The third-order valence-corrected chi connectivity index (χ3v) is 3.67. The first kappa shape index (κ1) is 19.3. The summed E-state index contributed by atoms with van der Waals surface area (Å²) in [5, 5.41) is 3.12. The lowest BCUT2D eigenvalue weighted by Gasteiger charge is -2.10. The van der Waals surface area contributed by atoms with E-state index >= 15 is 0 Å². The summed E-state index contributed by atoms with van der Waals surface area (Å²) in [4.78, 5) is 36.6. The number of nitrogens with one attached hydrogen (secondary N) is 1. The quantitative estimate of drug-likeness (QED) is 0.750. The molecule has 0 radical (unpaired) electrons. The van der Waals surface area contributed by atoms with E-state index in [-0.39, 0.29) is 18.2 Å². The Morgan fingerprint density at radius 2 is 1.96 bits per heavy atom. The summed E-state index contributed by atoms with van der Waals surface area (Å²) in [7, 11) is 3.16. The minimum absolute atomic E-state index is 0.0332. The lowest BCUT2D eigenvalue weighted by Crippen LogP contribution is -2.38. The van der Waals surface area contributed by atoms with E-state index in [9.17, 15) is 14.4 Å². The Kier molecular flexibility index (Phi) is 6.21. The van der Waals surface area contributed by atoms with E-state index in [2.05, 4.69) is 5.32 Å². The van der Waals surface area contributed by atoms with Crippen LogP contribution in [0.3, 0.4) is 0 Å². The van der Waals surface area contributed by atoms with Crippen molar-refractivity contribution < 1.29 is 28.3 Å². The predicted molar refractivity (Wildman–Crippen MR) is 94.1 cm³/mol. The molecule has 0 spiro atoms. The molecule has 140 valence electrons. The minimum atomic E-state index is -0.745. The molecule has 2 amide bonds. The lowest BCUT2D eigenvalue weighted by molar-refractivity contribution is -0.131. The Balaban J connectivity index is 2.00. The third kappa shape index (κ3) is 4.53. The van der Waals surface area contributed by atoms with E-state index in [0.29, 0.717) is 23.5 Å². The van der Waals surface area contributed by atoms with Gasteiger partial charge in [0, 0.05) is 25.0 Å². The zero-order valence-corrected chi connectivity index (χ0v) is 15.3. The molecule has 2 rings (SSSR count). The Labute approximate surface area is 151 Å². The molecule has 0 saturated carbocycles. The average Bonchev–Trinajstić information content (AvgIpc) is 2.94. The van der Waals surface area contributed by atoms with Gasteiger partial charge >= 0.3 is 5.97 Å². The summed E-state index contributed by atoms with van der Waals surface area (Å²) in [6, 6.07) is 5.25. The number of benzene rings is 1. The normalized spacial score (nSPS) is 10.5. The molecule has 0 aliphatic heterocycles. The van der Waals surface area contributed by atoms with Crippen molar-refractivity contribution in [2.75, 3.05) is 33.9 Å². The van der Waals surface area contributed by atoms with Gasteiger partial charge in [0.25, 0.3) is 5.91 Å². The molecule has 0 atom stereocenters. The highest BCUT2D eigenvalue weighted by atomic mass is 16.5. The van der Waals surface area contributed by atoms with Gasteiger partial charge in [0.2, 0.25) is 11.7 Å². The highest BCUT2D eigenvalue weighted by molar-refractivity contribution is 5.97. The summed E-state index contributed by atoms with van der Waals surface area (Å²) in [6.07, 6.45) is 0. The Morgan fingerprint density at radius 3 is 2.62 bits per heavy atom. The van der Waals surface area contributed by atoms with Gasteiger partial charge in [0.1, 0.15) is 11.3 Å². The van der Waals surface area contributed by atoms with Gasteiger partial charge in [-0.2, -0.15) is 0 Å². The van der Waals surface area contributed by atoms with Gasteiger partial charge in [-0.15, -0.1) is 0 Å². The van der Waals surface area contributed by atoms with Crippen LogP contribution in [0.4, 0.5) is 0 Å². The average molecular weight is 362 g/mol. The number of esters is 1. The maximum absolute atomic E-state index is 12.2. The number of ether oxygens (including phenoxy) is 2. The molecule has 1 aromatic heterocycles. The maximum atomic E-state index is 12.2. The van der Waals surface area contributed by atoms with Crippen molar-refractivity contribution in [2.45, 2.75) is 13.8 Å². The fraction of sp³-hybridized carbons (Fsp3) is 0.389. The van der Waals surface area contributed by atoms with Crippen molar-refractivity contribution in [3.63, 3.8) is 0 Å². The molecular formula is C18H22N2O6. The Hall–Kier alpha value is -3.03. The van der Waals surface area contributed by atoms with E-state index in [4.69, 9.17) is 13.9 Å². The number of nitrogens with zero attached hydrogens (tertiary/aromatic N) is 1. The number of carbonyl (C=O) groups is 3. The Morgan fingerprint density at radius 1 is 1.23 bits per heavy atom. The van der Waals surface area contributed by atoms with Crippen molar-refractivity contribution in [3.8, 4) is 5.75 Å². The Bertz CT molecular complexity index is 824. The first-order chi connectivity index (χ1) is 12.3. The van der Waals surface area contributed by atoms with Crippen molar-refractivity contribution >= 4 is 28.8 Å². The van der Waals surface area contributed by atoms with E-state index in [1.807, 2.05) is 6.92 Å². The molecule has 8 nitrogen and oxygen atoms in total. The second-order valence-corrected chi connectivity index (χ2v) is 5.79. The van der Waals surface area contributed by atoms with Crippen LogP contribution in [0.15, 0.2) is 22.6 Å². The van der Waals surface area contributed by atoms with Crippen LogP contribution in [0, 0.1) is 6.92 Å². The molecular weight excluding hydrogens is 340 g/mol. The van der Waals surface area contributed by atoms with Gasteiger partial charge in [0.15, 0.2) is 6.61 Å². The molecule has 0 aliphatic rings. The van der Waals surface area contributed by atoms with E-state index in [0.717, 1.165) is 5.39 Å². The van der Waals surface area contributed by atoms with Crippen molar-refractivity contribution in [1.82, 2.24) is 10.2 Å². The number of carbonyl (C=O) groups excluding carboxylic acids is 3. The topological polar surface area (TPSA) is 98.1 Å². The summed E-state index contributed by atoms with van der Waals surface area (Å²) in [6.45, 7) is 3.48. The molecule has 0 unspecified atom stereocenters. The highest BCUT2D eigenvalue weighted by Crippen LogP contribution is 2.29. The van der Waals surface area contributed by atoms with Crippen LogP contribution in [0.5, 0.6) is 5.75 Å². The van der Waals surface area contributed by atoms with Crippen molar-refractivity contribution in [1.29, 1.82) is 0 Å². The summed E-state index contributed by atoms with van der Waals surface area (Å²) in [5.74, 6) is -0.867. The summed E-state index contributed by atoms with van der Waals surface area (Å²) >= 11 is 0. The van der Waals surface area contributed by atoms with Gasteiger partial charge in [-0.05, 0) is 32.0 Å². The van der Waals surface area contributed by atoms with Gasteiger partial charge < -0.3 is 24.1 Å². The van der Waals surface area contributed by atoms with Crippen molar-refractivity contribution in [3.05, 3.63) is 29.5 Å². The fourth-order valence-electron chi connectivity index (χ4n) is 2.23. The number of rotatable bonds is 7. The smallest absolute Gasteiger partial charge is 0.375 e. The minimum Gasteiger partial charge on any atom is -0.494 e. The van der Waals surface area contributed by atoms with Gasteiger partial charge in [0.05, 0.1) is 13.2 Å². The van der Waals surface area contributed by atoms with Gasteiger partial charge in [-0.1, -0.05) is 0 Å².